The van der Waals surface area contributed by atoms with Crippen molar-refractivity contribution in [2.45, 2.75) is 70.8 Å². The van der Waals surface area contributed by atoms with E-state index in [0.29, 0.717) is 48.6 Å². The van der Waals surface area contributed by atoms with Crippen LogP contribution in [0.3, 0.4) is 0 Å². The molecular formula is C40H46N2O9. The number of esters is 4. The van der Waals surface area contributed by atoms with Gasteiger partial charge < -0.3 is 23.7 Å². The normalized spacial score (nSPS) is 11.3. The van der Waals surface area contributed by atoms with Gasteiger partial charge in [-0.25, -0.2) is 19.2 Å². The predicted octanol–water partition coefficient (Wildman–Crippen LogP) is 9.21. The van der Waals surface area contributed by atoms with Crippen molar-refractivity contribution in [2.24, 2.45) is 10.2 Å². The number of azo groups is 1. The number of nitrogens with zero attached hydrogens (tertiary/aromatic N) is 2. The summed E-state index contributed by atoms with van der Waals surface area (Å²) in [5, 5.41) is 8.51. The van der Waals surface area contributed by atoms with Crippen LogP contribution in [0, 0.1) is 0 Å². The van der Waals surface area contributed by atoms with Crippen LogP contribution in [0.4, 0.5) is 11.4 Å². The molecule has 0 N–H and O–H groups in total. The number of unbranched alkanes of at least 4 members (excludes halogenated alkanes) is 6. The first-order valence-electron chi connectivity index (χ1n) is 17.1. The van der Waals surface area contributed by atoms with Gasteiger partial charge in [-0.1, -0.05) is 38.8 Å². The molecule has 270 valence electrons. The molecule has 1 atom stereocenters. The molecule has 3 aromatic carbocycles. The molecule has 0 radical (unpaired) electrons. The summed E-state index contributed by atoms with van der Waals surface area (Å²) in [4.78, 5) is 47.2. The van der Waals surface area contributed by atoms with E-state index >= 15 is 0 Å². The lowest BCUT2D eigenvalue weighted by atomic mass is 10.1. The fraction of sp³-hybridized carbons (Fsp3) is 0.350. The highest BCUT2D eigenvalue weighted by Gasteiger charge is 2.14. The predicted molar refractivity (Wildman–Crippen MR) is 193 cm³/mol. The Morgan fingerprint density at radius 1 is 0.588 bits per heavy atom. The molecule has 0 aliphatic carbocycles. The van der Waals surface area contributed by atoms with E-state index in [1.807, 2.05) is 24.3 Å². The van der Waals surface area contributed by atoms with Gasteiger partial charge in [0.2, 0.25) is 0 Å². The highest BCUT2D eigenvalue weighted by molar-refractivity contribution is 5.92. The highest BCUT2D eigenvalue weighted by atomic mass is 16.5. The fourth-order valence-corrected chi connectivity index (χ4v) is 4.62. The standard InChI is InChI=1S/C40H46N2O9/c1-4-37(43)48-28-12-9-7-6-8-11-27-47-35-25-21-34(22-26-35)42-41-33-19-15-31(16-20-33)40(46)51-36-23-17-32(18-24-36)39(45)50-30(3)14-10-13-29-49-38(44)5-2/h4-5,15-26,30H,1-2,6-14,27-29H2,3H3/t30-/m0/s1. The van der Waals surface area contributed by atoms with Crippen molar-refractivity contribution in [3.63, 3.8) is 0 Å². The van der Waals surface area contributed by atoms with Gasteiger partial charge in [0.25, 0.3) is 0 Å². The summed E-state index contributed by atoms with van der Waals surface area (Å²) in [5.74, 6) is -0.819. The third-order valence-corrected chi connectivity index (χ3v) is 7.46. The third kappa shape index (κ3) is 16.1. The molecule has 3 rings (SSSR count). The molecule has 0 aliphatic heterocycles. The van der Waals surface area contributed by atoms with Crippen molar-refractivity contribution >= 4 is 35.3 Å². The molecule has 0 spiro atoms. The van der Waals surface area contributed by atoms with E-state index in [1.54, 1.807) is 31.2 Å². The van der Waals surface area contributed by atoms with Crippen LogP contribution in [-0.4, -0.2) is 49.8 Å². The van der Waals surface area contributed by atoms with E-state index in [4.69, 9.17) is 23.7 Å². The maximum Gasteiger partial charge on any atom is 0.343 e. The van der Waals surface area contributed by atoms with Gasteiger partial charge in [-0.05, 0) is 112 Å². The second-order valence-electron chi connectivity index (χ2n) is 11.6. The van der Waals surface area contributed by atoms with Crippen LogP contribution < -0.4 is 9.47 Å². The van der Waals surface area contributed by atoms with Crippen molar-refractivity contribution in [1.82, 2.24) is 0 Å². The van der Waals surface area contributed by atoms with Gasteiger partial charge in [0.05, 0.1) is 48.4 Å². The average Bonchev–Trinajstić information content (AvgIpc) is 3.15. The van der Waals surface area contributed by atoms with Gasteiger partial charge in [0.1, 0.15) is 11.5 Å². The maximum absolute atomic E-state index is 12.7. The Balaban J connectivity index is 1.33. The maximum atomic E-state index is 12.7. The van der Waals surface area contributed by atoms with Crippen molar-refractivity contribution < 1.29 is 42.9 Å². The minimum absolute atomic E-state index is 0.285. The number of carbonyl (C=O) groups excluding carboxylic acids is 4. The first-order chi connectivity index (χ1) is 24.8. The molecule has 11 nitrogen and oxygen atoms in total. The van der Waals surface area contributed by atoms with Crippen molar-refractivity contribution in [3.05, 3.63) is 109 Å². The van der Waals surface area contributed by atoms with Crippen LogP contribution >= 0.6 is 0 Å². The fourth-order valence-electron chi connectivity index (χ4n) is 4.62. The Labute approximate surface area is 299 Å². The molecule has 0 heterocycles. The monoisotopic (exact) mass is 698 g/mol. The zero-order chi connectivity index (χ0) is 36.7. The number of benzene rings is 3. The Bertz CT molecular complexity index is 1580. The highest BCUT2D eigenvalue weighted by Crippen LogP contribution is 2.23. The lowest BCUT2D eigenvalue weighted by molar-refractivity contribution is -0.138. The molecule has 0 fully saturated rings. The molecule has 0 saturated carbocycles. The minimum atomic E-state index is -0.555. The molecule has 0 aliphatic rings. The van der Waals surface area contributed by atoms with E-state index in [9.17, 15) is 19.2 Å². The Morgan fingerprint density at radius 3 is 1.61 bits per heavy atom. The molecule has 0 bridgehead atoms. The van der Waals surface area contributed by atoms with Gasteiger partial charge in [-0.15, -0.1) is 0 Å². The van der Waals surface area contributed by atoms with Crippen LogP contribution in [-0.2, 0) is 23.8 Å². The summed E-state index contributed by atoms with van der Waals surface area (Å²) in [7, 11) is 0. The van der Waals surface area contributed by atoms with Gasteiger partial charge in [-0.3, -0.25) is 0 Å². The molecule has 0 saturated heterocycles. The number of hydrogen-bond acceptors (Lipinski definition) is 11. The number of rotatable bonds is 23. The largest absolute Gasteiger partial charge is 0.494 e. The summed E-state index contributed by atoms with van der Waals surface area (Å²) in [6.45, 7) is 9.89. The lowest BCUT2D eigenvalue weighted by Gasteiger charge is -2.13. The molecule has 51 heavy (non-hydrogen) atoms. The second-order valence-corrected chi connectivity index (χ2v) is 11.6. The van der Waals surface area contributed by atoms with Crippen LogP contribution in [0.25, 0.3) is 0 Å². The Hall–Kier alpha value is -5.58. The second kappa shape index (κ2) is 22.9. The van der Waals surface area contributed by atoms with Crippen molar-refractivity contribution in [1.29, 1.82) is 0 Å². The minimum Gasteiger partial charge on any atom is -0.494 e. The average molecular weight is 699 g/mol. The molecule has 3 aromatic rings. The van der Waals surface area contributed by atoms with E-state index < -0.39 is 17.9 Å². The first kappa shape index (κ1) is 39.9. The Kier molecular flexibility index (Phi) is 17.9. The SMILES string of the molecule is C=CC(=O)OCCCCCCCCOc1ccc(N=Nc2ccc(C(=O)Oc3ccc(C(=O)O[C@@H](C)CCCCOC(=O)C=C)cc3)cc2)cc1. The zero-order valence-corrected chi connectivity index (χ0v) is 29.1. The van der Waals surface area contributed by atoms with Crippen LogP contribution in [0.5, 0.6) is 11.5 Å². The molecule has 0 amide bonds. The summed E-state index contributed by atoms with van der Waals surface area (Å²) < 4.78 is 26.7. The Morgan fingerprint density at radius 2 is 1.04 bits per heavy atom. The van der Waals surface area contributed by atoms with Gasteiger partial charge in [0, 0.05) is 12.2 Å². The van der Waals surface area contributed by atoms with Crippen LogP contribution in [0.2, 0.25) is 0 Å². The van der Waals surface area contributed by atoms with E-state index in [0.717, 1.165) is 56.8 Å². The summed E-state index contributed by atoms with van der Waals surface area (Å²) in [6.07, 6.45) is 10.1. The summed E-state index contributed by atoms with van der Waals surface area (Å²) in [5.41, 5.74) is 1.90. The summed E-state index contributed by atoms with van der Waals surface area (Å²) in [6, 6.07) is 20.0. The summed E-state index contributed by atoms with van der Waals surface area (Å²) >= 11 is 0. The first-order valence-corrected chi connectivity index (χ1v) is 17.1. The molecule has 0 unspecified atom stereocenters. The quantitative estimate of drug-likeness (QED) is 0.0237. The lowest BCUT2D eigenvalue weighted by Crippen LogP contribution is -2.15. The topological polar surface area (TPSA) is 139 Å². The van der Waals surface area contributed by atoms with Gasteiger partial charge >= 0.3 is 23.9 Å². The number of ether oxygens (including phenoxy) is 5. The van der Waals surface area contributed by atoms with E-state index in [-0.39, 0.29) is 24.4 Å². The van der Waals surface area contributed by atoms with Gasteiger partial charge in [-0.2, -0.15) is 10.2 Å². The molecule has 0 aromatic heterocycles. The van der Waals surface area contributed by atoms with Crippen molar-refractivity contribution in [3.8, 4) is 11.5 Å². The smallest absolute Gasteiger partial charge is 0.343 e. The zero-order valence-electron chi connectivity index (χ0n) is 29.1. The van der Waals surface area contributed by atoms with E-state index in [2.05, 4.69) is 23.4 Å². The van der Waals surface area contributed by atoms with Crippen LogP contribution in [0.1, 0.15) is 85.4 Å². The van der Waals surface area contributed by atoms with Crippen LogP contribution in [0.15, 0.2) is 108 Å². The third-order valence-electron chi connectivity index (χ3n) is 7.46. The van der Waals surface area contributed by atoms with Gasteiger partial charge in [0.15, 0.2) is 0 Å². The molecule has 11 heteroatoms. The molecular weight excluding hydrogens is 652 g/mol. The number of carbonyl (C=O) groups is 4. The van der Waals surface area contributed by atoms with E-state index in [1.165, 1.54) is 30.3 Å². The van der Waals surface area contributed by atoms with Crippen molar-refractivity contribution in [2.75, 3.05) is 19.8 Å². The number of hydrogen-bond donors (Lipinski definition) is 0.